The van der Waals surface area contributed by atoms with Crippen molar-refractivity contribution in [2.75, 3.05) is 26.2 Å². The van der Waals surface area contributed by atoms with E-state index < -0.39 is 7.26 Å². The Hall–Kier alpha value is 0.910. The number of hydrogen-bond donors (Lipinski definition) is 0. The fraction of sp³-hybridized carbons (Fsp3) is 1.00. The fourth-order valence-corrected chi connectivity index (χ4v) is 0. The van der Waals surface area contributed by atoms with Crippen LogP contribution < -0.4 is 17.0 Å². The minimum absolute atomic E-state index is 0. The predicted octanol–water partition coefficient (Wildman–Crippen LogP) is -1.08. The van der Waals surface area contributed by atoms with E-state index in [1.54, 1.807) is 0 Å². The van der Waals surface area contributed by atoms with Crippen molar-refractivity contribution in [1.82, 2.24) is 0 Å². The molecule has 0 aliphatic heterocycles. The van der Waals surface area contributed by atoms with Crippen LogP contribution in [0.25, 0.3) is 0 Å². The van der Waals surface area contributed by atoms with Gasteiger partial charge < -0.3 is 17.0 Å². The lowest BCUT2D eigenvalue weighted by atomic mass is 11.0. The fourth-order valence-electron chi connectivity index (χ4n) is 0. The second-order valence-electron chi connectivity index (χ2n) is 2.61. The Balaban J connectivity index is 0. The van der Waals surface area contributed by atoms with Crippen LogP contribution in [0.1, 0.15) is 6.92 Å². The molecule has 0 rings (SSSR count). The highest BCUT2D eigenvalue weighted by molar-refractivity contribution is 7.73. The van der Waals surface area contributed by atoms with Crippen LogP contribution in [0.5, 0.6) is 0 Å². The van der Waals surface area contributed by atoms with Gasteiger partial charge in [-0.05, 0) is 6.92 Å². The molecule has 0 radical (unpaired) electrons. The lowest BCUT2D eigenvalue weighted by Crippen LogP contribution is -3.00. The topological polar surface area (TPSA) is 0 Å². The van der Waals surface area contributed by atoms with Crippen molar-refractivity contribution in [3.05, 3.63) is 0 Å². The second kappa shape index (κ2) is 3.86. The minimum Gasteiger partial charge on any atom is -1.00 e. The Morgan fingerprint density at radius 3 is 1.29 bits per heavy atom. The SMILES string of the molecule is CC[P+](C)(C)C.[Br-]. The van der Waals surface area contributed by atoms with Crippen LogP contribution in [-0.4, -0.2) is 26.2 Å². The molecule has 2 heteroatoms. The first-order valence-corrected chi connectivity index (χ1v) is 5.68. The smallest absolute Gasteiger partial charge is 0.0558 e. The van der Waals surface area contributed by atoms with Crippen LogP contribution in [-0.2, 0) is 0 Å². The first-order chi connectivity index (χ1) is 2.56. The maximum absolute atomic E-state index is 2.35. The van der Waals surface area contributed by atoms with Gasteiger partial charge in [0.1, 0.15) is 0 Å². The average molecular weight is 185 g/mol. The standard InChI is InChI=1S/C5H14P.BrH/c1-5-6(2,3)4;/h5H2,1-4H3;1H/q+1;/p-1. The van der Waals surface area contributed by atoms with Crippen LogP contribution >= 0.6 is 7.26 Å². The molecule has 0 bridgehead atoms. The van der Waals surface area contributed by atoms with E-state index in [2.05, 4.69) is 26.9 Å². The van der Waals surface area contributed by atoms with Crippen LogP contribution in [0, 0.1) is 0 Å². The van der Waals surface area contributed by atoms with Gasteiger partial charge >= 0.3 is 0 Å². The lowest BCUT2D eigenvalue weighted by Gasteiger charge is -2.05. The highest BCUT2D eigenvalue weighted by Crippen LogP contribution is 2.45. The average Bonchev–Trinajstić information content (AvgIpc) is 1.35. The molecule has 0 heterocycles. The highest BCUT2D eigenvalue weighted by Gasteiger charge is 2.10. The zero-order valence-corrected chi connectivity index (χ0v) is 8.01. The van der Waals surface area contributed by atoms with E-state index in [9.17, 15) is 0 Å². The Morgan fingerprint density at radius 1 is 1.14 bits per heavy atom. The molecule has 7 heavy (non-hydrogen) atoms. The summed E-state index contributed by atoms with van der Waals surface area (Å²) in [6.07, 6.45) is 1.38. The molecule has 0 fully saturated rings. The Morgan fingerprint density at radius 2 is 1.29 bits per heavy atom. The molecule has 0 unspecified atom stereocenters. The molecule has 0 aromatic carbocycles. The van der Waals surface area contributed by atoms with Gasteiger partial charge in [-0.15, -0.1) is 0 Å². The van der Waals surface area contributed by atoms with E-state index in [4.69, 9.17) is 0 Å². The second-order valence-corrected chi connectivity index (χ2v) is 7.82. The highest BCUT2D eigenvalue weighted by atomic mass is 79.9. The largest absolute Gasteiger partial charge is 1.00 e. The molecule has 0 aliphatic rings. The molecular weight excluding hydrogens is 171 g/mol. The maximum atomic E-state index is 2.35. The first-order valence-electron chi connectivity index (χ1n) is 2.36. The van der Waals surface area contributed by atoms with Gasteiger partial charge in [-0.3, -0.25) is 0 Å². The van der Waals surface area contributed by atoms with Crippen LogP contribution in [0.4, 0.5) is 0 Å². The molecule has 0 N–H and O–H groups in total. The summed E-state index contributed by atoms with van der Waals surface area (Å²) in [5.74, 6) is 0. The third kappa shape index (κ3) is 10.9. The number of rotatable bonds is 1. The van der Waals surface area contributed by atoms with Gasteiger partial charge in [0, 0.05) is 27.3 Å². The molecule has 0 spiro atoms. The van der Waals surface area contributed by atoms with Gasteiger partial charge in [-0.25, -0.2) is 0 Å². The zero-order valence-electron chi connectivity index (χ0n) is 5.53. The summed E-state index contributed by atoms with van der Waals surface area (Å²) < 4.78 is 0. The normalized spacial score (nSPS) is 10.3. The van der Waals surface area contributed by atoms with Crippen molar-refractivity contribution in [1.29, 1.82) is 0 Å². The summed E-state index contributed by atoms with van der Waals surface area (Å²) in [6, 6.07) is 0. The third-order valence-corrected chi connectivity index (χ3v) is 2.85. The summed E-state index contributed by atoms with van der Waals surface area (Å²) in [7, 11) is -0.397. The van der Waals surface area contributed by atoms with Crippen LogP contribution in [0.15, 0.2) is 0 Å². The van der Waals surface area contributed by atoms with Crippen molar-refractivity contribution >= 4 is 7.26 Å². The summed E-state index contributed by atoms with van der Waals surface area (Å²) in [6.45, 7) is 9.32. The predicted molar refractivity (Wildman–Crippen MR) is 35.2 cm³/mol. The van der Waals surface area contributed by atoms with Gasteiger partial charge in [-0.2, -0.15) is 0 Å². The molecule has 0 aromatic heterocycles. The molecule has 0 saturated heterocycles. The molecule has 0 amide bonds. The molecule has 0 aromatic rings. The van der Waals surface area contributed by atoms with Crippen molar-refractivity contribution < 1.29 is 17.0 Å². The van der Waals surface area contributed by atoms with Crippen LogP contribution in [0.2, 0.25) is 0 Å². The molecule has 0 saturated carbocycles. The van der Waals surface area contributed by atoms with Crippen molar-refractivity contribution in [2.45, 2.75) is 6.92 Å². The Bertz CT molecular complexity index is 37.8. The Labute approximate surface area is 57.8 Å². The third-order valence-electron chi connectivity index (χ3n) is 0.949. The van der Waals surface area contributed by atoms with E-state index in [-0.39, 0.29) is 17.0 Å². The number of hydrogen-bond acceptors (Lipinski definition) is 0. The summed E-state index contributed by atoms with van der Waals surface area (Å²) in [5.41, 5.74) is 0. The van der Waals surface area contributed by atoms with Gasteiger partial charge in [0.25, 0.3) is 0 Å². The van der Waals surface area contributed by atoms with Gasteiger partial charge in [0.2, 0.25) is 0 Å². The van der Waals surface area contributed by atoms with Crippen molar-refractivity contribution in [3.8, 4) is 0 Å². The molecule has 0 aliphatic carbocycles. The van der Waals surface area contributed by atoms with Gasteiger partial charge in [0.05, 0.1) is 6.16 Å². The quantitative estimate of drug-likeness (QED) is 0.456. The van der Waals surface area contributed by atoms with E-state index in [0.717, 1.165) is 0 Å². The van der Waals surface area contributed by atoms with Crippen molar-refractivity contribution in [3.63, 3.8) is 0 Å². The monoisotopic (exact) mass is 184 g/mol. The van der Waals surface area contributed by atoms with Gasteiger partial charge in [-0.1, -0.05) is 0 Å². The number of halogens is 1. The van der Waals surface area contributed by atoms with Crippen molar-refractivity contribution in [2.24, 2.45) is 0 Å². The summed E-state index contributed by atoms with van der Waals surface area (Å²) >= 11 is 0. The van der Waals surface area contributed by atoms with Gasteiger partial charge in [0.15, 0.2) is 0 Å². The summed E-state index contributed by atoms with van der Waals surface area (Å²) in [4.78, 5) is 0. The van der Waals surface area contributed by atoms with E-state index in [0.29, 0.717) is 0 Å². The molecule has 0 atom stereocenters. The molecular formula is C5H14BrP. The zero-order chi connectivity index (χ0) is 5.21. The molecule has 0 nitrogen and oxygen atoms in total. The first kappa shape index (κ1) is 10.8. The minimum atomic E-state index is -0.397. The van der Waals surface area contributed by atoms with E-state index in [1.165, 1.54) is 6.16 Å². The van der Waals surface area contributed by atoms with Crippen LogP contribution in [0.3, 0.4) is 0 Å². The maximum Gasteiger partial charge on any atom is 0.0558 e. The molecule has 46 valence electrons. The summed E-state index contributed by atoms with van der Waals surface area (Å²) in [5, 5.41) is 0. The Kier molecular flexibility index (Phi) is 5.96. The van der Waals surface area contributed by atoms with E-state index in [1.807, 2.05) is 0 Å². The lowest BCUT2D eigenvalue weighted by molar-refractivity contribution is -0.00000166. The van der Waals surface area contributed by atoms with E-state index >= 15 is 0 Å².